The van der Waals surface area contributed by atoms with Crippen LogP contribution >= 0.6 is 0 Å². The van der Waals surface area contributed by atoms with E-state index >= 15 is 0 Å². The highest BCUT2D eigenvalue weighted by atomic mass is 16.5. The lowest BCUT2D eigenvalue weighted by Crippen LogP contribution is -2.26. The quantitative estimate of drug-likeness (QED) is 0.702. The van der Waals surface area contributed by atoms with Crippen molar-refractivity contribution in [3.63, 3.8) is 0 Å². The van der Waals surface area contributed by atoms with E-state index < -0.39 is 0 Å². The fraction of sp³-hybridized carbons (Fsp3) is 0.550. The number of aromatic nitrogens is 2. The smallest absolute Gasteiger partial charge is 0.246 e. The van der Waals surface area contributed by atoms with Gasteiger partial charge in [0.15, 0.2) is 11.5 Å². The Bertz CT molecular complexity index is 768. The first-order chi connectivity index (χ1) is 13.1. The molecule has 0 bridgehead atoms. The van der Waals surface area contributed by atoms with Crippen LogP contribution in [0.1, 0.15) is 44.4 Å². The van der Waals surface area contributed by atoms with Gasteiger partial charge >= 0.3 is 0 Å². The molecule has 0 atom stereocenters. The van der Waals surface area contributed by atoms with Gasteiger partial charge in [0.1, 0.15) is 0 Å². The summed E-state index contributed by atoms with van der Waals surface area (Å²) >= 11 is 0. The molecular weight excluding hydrogens is 346 g/mol. The van der Waals surface area contributed by atoms with E-state index in [2.05, 4.69) is 10.1 Å². The molecule has 0 spiro atoms. The molecule has 1 aliphatic carbocycles. The molecular formula is C20H27N3O4. The van der Waals surface area contributed by atoms with Crippen molar-refractivity contribution in [2.75, 3.05) is 21.3 Å². The Morgan fingerprint density at radius 3 is 2.67 bits per heavy atom. The van der Waals surface area contributed by atoms with Crippen LogP contribution in [0.15, 0.2) is 22.7 Å². The molecule has 146 valence electrons. The number of hydrogen-bond donors (Lipinski definition) is 0. The molecule has 7 heteroatoms. The van der Waals surface area contributed by atoms with Gasteiger partial charge in [-0.3, -0.25) is 4.79 Å². The molecule has 2 aromatic rings. The largest absolute Gasteiger partial charge is 0.493 e. The average molecular weight is 373 g/mol. The van der Waals surface area contributed by atoms with Gasteiger partial charge in [-0.25, -0.2) is 0 Å². The summed E-state index contributed by atoms with van der Waals surface area (Å²) < 4.78 is 15.9. The maximum Gasteiger partial charge on any atom is 0.246 e. The molecule has 1 saturated carbocycles. The van der Waals surface area contributed by atoms with Crippen molar-refractivity contribution >= 4 is 5.91 Å². The van der Waals surface area contributed by atoms with Crippen LogP contribution in [-0.2, 0) is 11.3 Å². The monoisotopic (exact) mass is 373 g/mol. The molecule has 1 aliphatic rings. The summed E-state index contributed by atoms with van der Waals surface area (Å²) in [7, 11) is 4.94. The Kier molecular flexibility index (Phi) is 6.32. The minimum absolute atomic E-state index is 0.118. The van der Waals surface area contributed by atoms with Gasteiger partial charge in [-0.05, 0) is 30.5 Å². The number of rotatable bonds is 8. The maximum absolute atomic E-state index is 12.3. The van der Waals surface area contributed by atoms with Gasteiger partial charge in [0.05, 0.1) is 20.8 Å². The highest BCUT2D eigenvalue weighted by Gasteiger charge is 2.19. The lowest BCUT2D eigenvalue weighted by molar-refractivity contribution is -0.131. The normalized spacial score (nSPS) is 14.3. The van der Waals surface area contributed by atoms with Crippen LogP contribution in [-0.4, -0.2) is 42.2 Å². The zero-order valence-corrected chi connectivity index (χ0v) is 16.2. The summed E-state index contributed by atoms with van der Waals surface area (Å²) in [6, 6.07) is 5.43. The van der Waals surface area contributed by atoms with Crippen LogP contribution in [0.4, 0.5) is 0 Å². The first-order valence-corrected chi connectivity index (χ1v) is 9.39. The number of nitrogens with zero attached hydrogens (tertiary/aromatic N) is 3. The zero-order chi connectivity index (χ0) is 19.2. The van der Waals surface area contributed by atoms with Crippen LogP contribution in [0, 0.1) is 5.92 Å². The van der Waals surface area contributed by atoms with Crippen molar-refractivity contribution in [2.45, 2.75) is 45.1 Å². The van der Waals surface area contributed by atoms with E-state index in [9.17, 15) is 4.79 Å². The Balaban J connectivity index is 1.59. The summed E-state index contributed by atoms with van der Waals surface area (Å²) in [6.45, 7) is 0.309. The molecule has 27 heavy (non-hydrogen) atoms. The Hall–Kier alpha value is -2.57. The summed E-state index contributed by atoms with van der Waals surface area (Å²) in [4.78, 5) is 18.4. The van der Waals surface area contributed by atoms with E-state index in [1.54, 1.807) is 38.3 Å². The molecule has 1 heterocycles. The van der Waals surface area contributed by atoms with Gasteiger partial charge in [0.2, 0.25) is 17.6 Å². The van der Waals surface area contributed by atoms with E-state index in [1.807, 2.05) is 6.07 Å². The first kappa shape index (κ1) is 19.2. The zero-order valence-electron chi connectivity index (χ0n) is 16.2. The number of amides is 1. The van der Waals surface area contributed by atoms with Crippen molar-refractivity contribution in [1.29, 1.82) is 0 Å². The van der Waals surface area contributed by atoms with E-state index in [0.717, 1.165) is 12.0 Å². The van der Waals surface area contributed by atoms with Crippen molar-refractivity contribution in [3.8, 4) is 22.9 Å². The summed E-state index contributed by atoms with van der Waals surface area (Å²) in [5.74, 6) is 2.93. The van der Waals surface area contributed by atoms with Gasteiger partial charge in [-0.2, -0.15) is 4.98 Å². The topological polar surface area (TPSA) is 77.7 Å². The Morgan fingerprint density at radius 2 is 1.96 bits per heavy atom. The van der Waals surface area contributed by atoms with Crippen molar-refractivity contribution < 1.29 is 18.8 Å². The molecule has 7 nitrogen and oxygen atoms in total. The Morgan fingerprint density at radius 1 is 1.22 bits per heavy atom. The van der Waals surface area contributed by atoms with E-state index in [4.69, 9.17) is 14.0 Å². The second kappa shape index (κ2) is 8.88. The molecule has 1 fully saturated rings. The van der Waals surface area contributed by atoms with Crippen LogP contribution in [0.5, 0.6) is 11.5 Å². The number of carbonyl (C=O) groups excluding carboxylic acids is 1. The number of ether oxygens (including phenoxy) is 2. The van der Waals surface area contributed by atoms with E-state index in [-0.39, 0.29) is 5.91 Å². The van der Waals surface area contributed by atoms with Gasteiger partial charge in [-0.1, -0.05) is 30.8 Å². The number of benzene rings is 1. The predicted octanol–water partition coefficient (Wildman–Crippen LogP) is 3.68. The second-order valence-electron chi connectivity index (χ2n) is 7.02. The molecule has 1 amide bonds. The Labute approximate surface area is 159 Å². The molecule has 1 aromatic heterocycles. The predicted molar refractivity (Wildman–Crippen MR) is 101 cm³/mol. The van der Waals surface area contributed by atoms with Crippen LogP contribution < -0.4 is 9.47 Å². The van der Waals surface area contributed by atoms with Gasteiger partial charge in [0.25, 0.3) is 0 Å². The molecule has 3 rings (SSSR count). The SMILES string of the molecule is COc1ccc(-c2noc(CN(C)C(=O)CCC3CCCC3)n2)cc1OC. The van der Waals surface area contributed by atoms with Gasteiger partial charge < -0.3 is 18.9 Å². The molecule has 0 unspecified atom stereocenters. The summed E-state index contributed by atoms with van der Waals surface area (Å²) in [6.07, 6.45) is 6.68. The third-order valence-corrected chi connectivity index (χ3v) is 5.15. The van der Waals surface area contributed by atoms with Crippen molar-refractivity contribution in [2.24, 2.45) is 5.92 Å². The summed E-state index contributed by atoms with van der Waals surface area (Å²) in [5, 5.41) is 4.02. The minimum atomic E-state index is 0.118. The van der Waals surface area contributed by atoms with Crippen LogP contribution in [0.2, 0.25) is 0 Å². The third-order valence-electron chi connectivity index (χ3n) is 5.15. The van der Waals surface area contributed by atoms with Crippen molar-refractivity contribution in [3.05, 3.63) is 24.1 Å². The van der Waals surface area contributed by atoms with E-state index in [0.29, 0.717) is 42.1 Å². The third kappa shape index (κ3) is 4.78. The van der Waals surface area contributed by atoms with Crippen LogP contribution in [0.3, 0.4) is 0 Å². The molecule has 0 radical (unpaired) electrons. The molecule has 1 aromatic carbocycles. The highest BCUT2D eigenvalue weighted by Crippen LogP contribution is 2.31. The van der Waals surface area contributed by atoms with Gasteiger partial charge in [-0.15, -0.1) is 0 Å². The van der Waals surface area contributed by atoms with Crippen molar-refractivity contribution in [1.82, 2.24) is 15.0 Å². The van der Waals surface area contributed by atoms with E-state index in [1.165, 1.54) is 25.7 Å². The molecule has 0 N–H and O–H groups in total. The number of hydrogen-bond acceptors (Lipinski definition) is 6. The average Bonchev–Trinajstić information content (AvgIpc) is 3.37. The number of carbonyl (C=O) groups is 1. The highest BCUT2D eigenvalue weighted by molar-refractivity contribution is 5.75. The number of methoxy groups -OCH3 is 2. The molecule has 0 saturated heterocycles. The van der Waals surface area contributed by atoms with Crippen LogP contribution in [0.25, 0.3) is 11.4 Å². The summed E-state index contributed by atoms with van der Waals surface area (Å²) in [5.41, 5.74) is 0.762. The molecule has 0 aliphatic heterocycles. The minimum Gasteiger partial charge on any atom is -0.493 e. The fourth-order valence-corrected chi connectivity index (χ4v) is 3.52. The van der Waals surface area contributed by atoms with Gasteiger partial charge in [0, 0.05) is 19.0 Å². The second-order valence-corrected chi connectivity index (χ2v) is 7.02. The standard InChI is InChI=1S/C20H27N3O4/c1-23(19(24)11-8-14-6-4-5-7-14)13-18-21-20(22-27-18)15-9-10-16(25-2)17(12-15)26-3/h9-10,12,14H,4-8,11,13H2,1-3H3. The lowest BCUT2D eigenvalue weighted by Gasteiger charge is -2.16. The lowest BCUT2D eigenvalue weighted by atomic mass is 10.0. The maximum atomic E-state index is 12.3. The fourth-order valence-electron chi connectivity index (χ4n) is 3.52. The first-order valence-electron chi connectivity index (χ1n) is 9.39.